The molecule has 0 bridgehead atoms. The number of aromatic hydroxyl groups is 5. The van der Waals surface area contributed by atoms with Crippen molar-refractivity contribution in [2.45, 2.75) is 0 Å². The van der Waals surface area contributed by atoms with Gasteiger partial charge in [0.2, 0.25) is 29.1 Å². The van der Waals surface area contributed by atoms with Gasteiger partial charge in [-0.05, 0) is 0 Å². The Morgan fingerprint density at radius 3 is 0.462 bits per heavy atom. The Morgan fingerprint density at radius 2 is 0.365 bits per heavy atom. The number of hydrogen-bond acceptors (Lipinski definition) is 5. The fourth-order valence-electron chi connectivity index (χ4n) is 2.71. The summed E-state index contributed by atoms with van der Waals surface area (Å²) in [6, 6.07) is 4.27. The van der Waals surface area contributed by atoms with E-state index in [0.29, 0.717) is 60.7 Å². The van der Waals surface area contributed by atoms with Crippen LogP contribution in [0.15, 0.2) is 60.7 Å². The van der Waals surface area contributed by atoms with E-state index >= 15 is 0 Å². The molecule has 0 spiro atoms. The SMILES string of the molecule is Oc1cc(F)cc(F)c1F.Oc1cc(F)cc(F)c1F.Oc1cc(F)cc(F)c1F.Oc1cc(F)cc(F)c1F.Oc1cc(F)cc(F)c1F.[Br-].[W]. The molecule has 52 heavy (non-hydrogen) atoms. The first-order valence-corrected chi connectivity index (χ1v) is 12.2. The smallest absolute Gasteiger partial charge is 0.200 e. The molecule has 5 aromatic carbocycles. The molecule has 0 aromatic heterocycles. The van der Waals surface area contributed by atoms with E-state index in [1.165, 1.54) is 0 Å². The number of halogens is 16. The number of rotatable bonds is 0. The molecule has 0 aliphatic rings. The van der Waals surface area contributed by atoms with Crippen molar-refractivity contribution in [3.05, 3.63) is 148 Å². The van der Waals surface area contributed by atoms with Gasteiger partial charge in [-0.2, -0.15) is 22.0 Å². The molecule has 5 aromatic rings. The quantitative estimate of drug-likeness (QED) is 0.0963. The van der Waals surface area contributed by atoms with Crippen molar-refractivity contribution in [1.29, 1.82) is 0 Å². The van der Waals surface area contributed by atoms with Crippen molar-refractivity contribution in [3.63, 3.8) is 0 Å². The van der Waals surface area contributed by atoms with Gasteiger partial charge in [-0.3, -0.25) is 0 Å². The van der Waals surface area contributed by atoms with E-state index in [1.54, 1.807) is 0 Å². The van der Waals surface area contributed by atoms with Crippen LogP contribution in [-0.4, -0.2) is 25.5 Å². The van der Waals surface area contributed by atoms with Gasteiger partial charge in [-0.1, -0.05) is 0 Å². The average molecular weight is 1000 g/mol. The van der Waals surface area contributed by atoms with Crippen molar-refractivity contribution >= 4 is 0 Å². The molecule has 0 saturated heterocycles. The van der Waals surface area contributed by atoms with E-state index in [4.69, 9.17) is 25.5 Å². The van der Waals surface area contributed by atoms with Crippen LogP contribution in [0.25, 0.3) is 0 Å². The molecule has 5 rings (SSSR count). The first kappa shape index (κ1) is 49.3. The molecule has 284 valence electrons. The summed E-state index contributed by atoms with van der Waals surface area (Å²) in [5.74, 6) is -24.2. The van der Waals surface area contributed by atoms with Gasteiger partial charge in [0.1, 0.15) is 29.1 Å². The maximum Gasteiger partial charge on any atom is 0.200 e. The van der Waals surface area contributed by atoms with Crippen LogP contribution >= 0.6 is 0 Å². The molecule has 0 unspecified atom stereocenters. The number of phenols is 5. The Labute approximate surface area is 305 Å². The van der Waals surface area contributed by atoms with Gasteiger partial charge in [0, 0.05) is 81.7 Å². The fourth-order valence-corrected chi connectivity index (χ4v) is 2.71. The van der Waals surface area contributed by atoms with Gasteiger partial charge in [0.25, 0.3) is 0 Å². The minimum Gasteiger partial charge on any atom is -1.00 e. The second kappa shape index (κ2) is 22.2. The van der Waals surface area contributed by atoms with E-state index in [9.17, 15) is 65.9 Å². The van der Waals surface area contributed by atoms with Gasteiger partial charge in [-0.15, -0.1) is 0 Å². The number of phenolic OH excluding ortho intramolecular Hbond substituents is 5. The average Bonchev–Trinajstić information content (AvgIpc) is 3.00. The third-order valence-electron chi connectivity index (χ3n) is 4.87. The molecule has 0 aliphatic heterocycles. The summed E-state index contributed by atoms with van der Waals surface area (Å²) in [7, 11) is 0. The standard InChI is InChI=1S/5C6H3F3O.BrH.W/c5*7-3-1-4(8)6(9)5(10)2-3;;/h5*1-2,10H;1H;/p-1. The second-order valence-electron chi connectivity index (χ2n) is 8.60. The topological polar surface area (TPSA) is 101 Å². The maximum absolute atomic E-state index is 12.1. The number of benzene rings is 5. The molecule has 5 nitrogen and oxygen atoms in total. The van der Waals surface area contributed by atoms with Crippen molar-refractivity contribution in [3.8, 4) is 28.7 Å². The van der Waals surface area contributed by atoms with Gasteiger partial charge >= 0.3 is 0 Å². The van der Waals surface area contributed by atoms with Crippen LogP contribution < -0.4 is 17.0 Å². The molecular weight excluding hydrogens is 989 g/mol. The summed E-state index contributed by atoms with van der Waals surface area (Å²) in [4.78, 5) is 0. The molecule has 5 N–H and O–H groups in total. The zero-order chi connectivity index (χ0) is 38.6. The summed E-state index contributed by atoms with van der Waals surface area (Å²) in [5.41, 5.74) is 0. The molecule has 0 saturated carbocycles. The summed E-state index contributed by atoms with van der Waals surface area (Å²) < 4.78 is 181. The van der Waals surface area contributed by atoms with Gasteiger partial charge < -0.3 is 42.5 Å². The van der Waals surface area contributed by atoms with E-state index in [2.05, 4.69) is 0 Å². The minimum absolute atomic E-state index is 0. The van der Waals surface area contributed by atoms with E-state index in [0.717, 1.165) is 0 Å². The molecule has 0 amide bonds. The Bertz CT molecular complexity index is 1520. The van der Waals surface area contributed by atoms with Crippen molar-refractivity contribution in [1.82, 2.24) is 0 Å². The third kappa shape index (κ3) is 15.6. The largest absolute Gasteiger partial charge is 1.00 e. The van der Waals surface area contributed by atoms with Crippen LogP contribution in [0.1, 0.15) is 0 Å². The Kier molecular flexibility index (Phi) is 21.1. The predicted molar refractivity (Wildman–Crippen MR) is 140 cm³/mol. The van der Waals surface area contributed by atoms with Gasteiger partial charge in [0.15, 0.2) is 57.8 Å². The first-order valence-electron chi connectivity index (χ1n) is 12.2. The van der Waals surface area contributed by atoms with E-state index in [1.807, 2.05) is 0 Å². The zero-order valence-corrected chi connectivity index (χ0v) is 29.0. The first-order chi connectivity index (χ1) is 23.0. The molecule has 0 aliphatic carbocycles. The molecular formula is C30H15BrF15O5W-. The molecule has 0 radical (unpaired) electrons. The van der Waals surface area contributed by atoms with Crippen LogP contribution in [0.3, 0.4) is 0 Å². The van der Waals surface area contributed by atoms with Gasteiger partial charge in [0.05, 0.1) is 0 Å². The Morgan fingerprint density at radius 1 is 0.250 bits per heavy atom. The summed E-state index contributed by atoms with van der Waals surface area (Å²) in [5, 5.41) is 42.1. The summed E-state index contributed by atoms with van der Waals surface area (Å²) in [6.07, 6.45) is 0. The molecule has 22 heteroatoms. The zero-order valence-electron chi connectivity index (χ0n) is 24.5. The van der Waals surface area contributed by atoms with E-state index in [-0.39, 0.29) is 38.0 Å². The molecule has 0 heterocycles. The van der Waals surface area contributed by atoms with Crippen molar-refractivity contribution < 1.29 is 129 Å². The Hall–Kier alpha value is -4.78. The van der Waals surface area contributed by atoms with Crippen LogP contribution in [-0.2, 0) is 21.1 Å². The Balaban J connectivity index is 0. The minimum atomic E-state index is -1.43. The maximum atomic E-state index is 12.1. The predicted octanol–water partition coefficient (Wildman–Crippen LogP) is 6.05. The molecule has 0 atom stereocenters. The number of hydrogen-bond donors (Lipinski definition) is 5. The fraction of sp³-hybridized carbons (Fsp3) is 0. The van der Waals surface area contributed by atoms with E-state index < -0.39 is 116 Å². The van der Waals surface area contributed by atoms with Crippen LogP contribution in [0, 0.1) is 87.3 Å². The second-order valence-corrected chi connectivity index (χ2v) is 8.60. The monoisotopic (exact) mass is 1000 g/mol. The van der Waals surface area contributed by atoms with Crippen LogP contribution in [0.5, 0.6) is 28.7 Å². The summed E-state index contributed by atoms with van der Waals surface area (Å²) >= 11 is 0. The van der Waals surface area contributed by atoms with Crippen LogP contribution in [0.2, 0.25) is 0 Å². The van der Waals surface area contributed by atoms with Gasteiger partial charge in [-0.25, -0.2) is 43.9 Å². The molecule has 0 fully saturated rings. The van der Waals surface area contributed by atoms with Crippen molar-refractivity contribution in [2.24, 2.45) is 0 Å². The summed E-state index contributed by atoms with van der Waals surface area (Å²) in [6.45, 7) is 0. The van der Waals surface area contributed by atoms with Crippen LogP contribution in [0.4, 0.5) is 65.9 Å². The van der Waals surface area contributed by atoms with Crippen molar-refractivity contribution in [2.75, 3.05) is 0 Å². The third-order valence-corrected chi connectivity index (χ3v) is 4.87. The normalized spacial score (nSPS) is 9.52.